The Bertz CT molecular complexity index is 529. The van der Waals surface area contributed by atoms with Crippen molar-refractivity contribution in [2.75, 3.05) is 13.2 Å². The van der Waals surface area contributed by atoms with Crippen molar-refractivity contribution in [3.63, 3.8) is 0 Å². The lowest BCUT2D eigenvalue weighted by molar-refractivity contribution is -0.300. The number of hydrogen-bond acceptors (Lipinski definition) is 4. The largest absolute Gasteiger partial charge is 0.465 e. The van der Waals surface area contributed by atoms with Crippen LogP contribution in [0.5, 0.6) is 0 Å². The number of ketones is 1. The Balaban J connectivity index is 1.93. The van der Waals surface area contributed by atoms with Gasteiger partial charge in [-0.25, -0.2) is 0 Å². The number of rotatable bonds is 9. The van der Waals surface area contributed by atoms with Crippen molar-refractivity contribution in [2.24, 2.45) is 23.2 Å². The van der Waals surface area contributed by atoms with Crippen LogP contribution in [0, 0.1) is 23.2 Å². The zero-order chi connectivity index (χ0) is 21.5. The molecule has 0 amide bonds. The molecule has 0 aromatic carbocycles. The van der Waals surface area contributed by atoms with Crippen molar-refractivity contribution in [3.05, 3.63) is 0 Å². The van der Waals surface area contributed by atoms with E-state index < -0.39 is 17.4 Å². The van der Waals surface area contributed by atoms with E-state index in [0.717, 1.165) is 64.2 Å². The number of halogens is 2. The van der Waals surface area contributed by atoms with Crippen LogP contribution in [0.3, 0.4) is 0 Å². The first-order valence-corrected chi connectivity index (χ1v) is 11.3. The van der Waals surface area contributed by atoms with Gasteiger partial charge in [0.15, 0.2) is 0 Å². The highest BCUT2D eigenvalue weighted by atomic mass is 19.3. The van der Waals surface area contributed by atoms with Crippen LogP contribution in [-0.2, 0) is 19.1 Å². The first kappa shape index (κ1) is 24.2. The second kappa shape index (κ2) is 10.8. The Labute approximate surface area is 174 Å². The average Bonchev–Trinajstić information content (AvgIpc) is 2.70. The van der Waals surface area contributed by atoms with Crippen LogP contribution < -0.4 is 0 Å². The fraction of sp³-hybridized carbons (Fsp3) is 0.913. The highest BCUT2D eigenvalue weighted by Crippen LogP contribution is 2.37. The Kier molecular flexibility index (Phi) is 9.05. The Morgan fingerprint density at radius 2 is 1.38 bits per heavy atom. The maximum absolute atomic E-state index is 14.3. The number of esters is 1. The molecule has 0 aromatic rings. The summed E-state index contributed by atoms with van der Waals surface area (Å²) in [6, 6.07) is 0. The van der Waals surface area contributed by atoms with Gasteiger partial charge in [0.2, 0.25) is 0 Å². The molecule has 0 N–H and O–H groups in total. The van der Waals surface area contributed by atoms with E-state index in [1.807, 2.05) is 0 Å². The third kappa shape index (κ3) is 7.62. The van der Waals surface area contributed by atoms with Gasteiger partial charge < -0.3 is 9.47 Å². The zero-order valence-electron chi connectivity index (χ0n) is 18.3. The number of Topliss-reactive ketones (excluding diaryl/α,β-unsaturated/α-hetero) is 1. The second-order valence-electron chi connectivity index (χ2n) is 9.91. The fourth-order valence-corrected chi connectivity index (χ4v) is 4.14. The van der Waals surface area contributed by atoms with Gasteiger partial charge in [0.1, 0.15) is 5.78 Å². The maximum Gasteiger partial charge on any atom is 0.360 e. The molecule has 1 unspecified atom stereocenters. The summed E-state index contributed by atoms with van der Waals surface area (Å²) in [7, 11) is 0. The second-order valence-corrected chi connectivity index (χ2v) is 9.91. The molecule has 0 heterocycles. The summed E-state index contributed by atoms with van der Waals surface area (Å²) in [4.78, 5) is 25.0. The van der Waals surface area contributed by atoms with Gasteiger partial charge in [-0.1, -0.05) is 59.3 Å². The third-order valence-electron chi connectivity index (χ3n) is 6.32. The SMILES string of the molecule is CC(C)(C)C(F)(F)OCC(COC(=O)C1CCCCC1)CC(=O)C1CCCCC1. The van der Waals surface area contributed by atoms with Crippen LogP contribution in [0.1, 0.15) is 91.4 Å². The van der Waals surface area contributed by atoms with Crippen LogP contribution in [0.2, 0.25) is 0 Å². The monoisotopic (exact) mass is 416 g/mol. The Morgan fingerprint density at radius 1 is 0.862 bits per heavy atom. The van der Waals surface area contributed by atoms with Gasteiger partial charge >= 0.3 is 12.1 Å². The quantitative estimate of drug-likeness (QED) is 0.438. The normalized spacial score (nSPS) is 21.0. The molecular weight excluding hydrogens is 378 g/mol. The summed E-state index contributed by atoms with van der Waals surface area (Å²) >= 11 is 0. The highest BCUT2D eigenvalue weighted by Gasteiger charge is 2.45. The molecule has 0 saturated heterocycles. The van der Waals surface area contributed by atoms with Crippen LogP contribution >= 0.6 is 0 Å². The van der Waals surface area contributed by atoms with Crippen LogP contribution in [0.25, 0.3) is 0 Å². The van der Waals surface area contributed by atoms with E-state index in [2.05, 4.69) is 0 Å². The van der Waals surface area contributed by atoms with Crippen molar-refractivity contribution < 1.29 is 27.8 Å². The van der Waals surface area contributed by atoms with Crippen LogP contribution in [-0.4, -0.2) is 31.1 Å². The summed E-state index contributed by atoms with van der Waals surface area (Å²) in [6.07, 6.45) is 6.59. The van der Waals surface area contributed by atoms with Crippen molar-refractivity contribution >= 4 is 11.8 Å². The first-order chi connectivity index (χ1) is 13.6. The van der Waals surface area contributed by atoms with Gasteiger partial charge in [0.05, 0.1) is 24.5 Å². The lowest BCUT2D eigenvalue weighted by Crippen LogP contribution is -2.39. The lowest BCUT2D eigenvalue weighted by Gasteiger charge is -2.31. The summed E-state index contributed by atoms with van der Waals surface area (Å²) < 4.78 is 38.9. The van der Waals surface area contributed by atoms with E-state index in [-0.39, 0.29) is 43.2 Å². The first-order valence-electron chi connectivity index (χ1n) is 11.3. The van der Waals surface area contributed by atoms with E-state index in [1.165, 1.54) is 20.8 Å². The molecule has 6 heteroatoms. The molecule has 1 atom stereocenters. The maximum atomic E-state index is 14.3. The molecule has 0 bridgehead atoms. The number of carbonyl (C=O) groups is 2. The molecular formula is C23H38F2O4. The van der Waals surface area contributed by atoms with Crippen molar-refractivity contribution in [1.29, 1.82) is 0 Å². The number of hydrogen-bond donors (Lipinski definition) is 0. The molecule has 2 saturated carbocycles. The van der Waals surface area contributed by atoms with Crippen LogP contribution in [0.4, 0.5) is 8.78 Å². The van der Waals surface area contributed by atoms with Gasteiger partial charge in [0.25, 0.3) is 0 Å². The van der Waals surface area contributed by atoms with Crippen LogP contribution in [0.15, 0.2) is 0 Å². The predicted octanol–water partition coefficient (Wildman–Crippen LogP) is 5.92. The molecule has 0 radical (unpaired) electrons. The van der Waals surface area contributed by atoms with Gasteiger partial charge in [-0.05, 0) is 25.7 Å². The average molecular weight is 417 g/mol. The van der Waals surface area contributed by atoms with E-state index in [4.69, 9.17) is 9.47 Å². The molecule has 0 aliphatic heterocycles. The molecule has 168 valence electrons. The topological polar surface area (TPSA) is 52.6 Å². The number of ether oxygens (including phenoxy) is 2. The molecule has 0 spiro atoms. The minimum absolute atomic E-state index is 0.00317. The minimum atomic E-state index is -3.31. The summed E-state index contributed by atoms with van der Waals surface area (Å²) in [5, 5.41) is 0. The van der Waals surface area contributed by atoms with Crippen molar-refractivity contribution in [3.8, 4) is 0 Å². The molecule has 0 aromatic heterocycles. The van der Waals surface area contributed by atoms with Crippen molar-refractivity contribution in [2.45, 2.75) is 97.5 Å². The van der Waals surface area contributed by atoms with Gasteiger partial charge in [-0.3, -0.25) is 9.59 Å². The van der Waals surface area contributed by atoms with E-state index >= 15 is 0 Å². The predicted molar refractivity (Wildman–Crippen MR) is 108 cm³/mol. The Hall–Kier alpha value is -1.04. The molecule has 2 aliphatic rings. The molecule has 2 aliphatic carbocycles. The molecule has 2 rings (SSSR count). The summed E-state index contributed by atoms with van der Waals surface area (Å²) in [5.41, 5.74) is -1.34. The van der Waals surface area contributed by atoms with Gasteiger partial charge in [0, 0.05) is 18.3 Å². The standard InChI is InChI=1S/C23H38F2O4/c1-22(2,3)23(24,25)29-16-17(14-20(26)18-10-6-4-7-11-18)15-28-21(27)19-12-8-5-9-13-19/h17-19H,4-16H2,1-3H3. The van der Waals surface area contributed by atoms with E-state index in [1.54, 1.807) is 0 Å². The van der Waals surface area contributed by atoms with E-state index in [9.17, 15) is 18.4 Å². The third-order valence-corrected chi connectivity index (χ3v) is 6.32. The summed E-state index contributed by atoms with van der Waals surface area (Å²) in [6.45, 7) is 3.92. The smallest absolute Gasteiger partial charge is 0.360 e. The number of carbonyl (C=O) groups excluding carboxylic acids is 2. The molecule has 4 nitrogen and oxygen atoms in total. The fourth-order valence-electron chi connectivity index (χ4n) is 4.14. The summed E-state index contributed by atoms with van der Waals surface area (Å²) in [5.74, 6) is -0.808. The van der Waals surface area contributed by atoms with Gasteiger partial charge in [-0.15, -0.1) is 0 Å². The Morgan fingerprint density at radius 3 is 1.90 bits per heavy atom. The van der Waals surface area contributed by atoms with Gasteiger partial charge in [-0.2, -0.15) is 8.78 Å². The molecule has 2 fully saturated rings. The minimum Gasteiger partial charge on any atom is -0.465 e. The lowest BCUT2D eigenvalue weighted by atomic mass is 9.83. The highest BCUT2D eigenvalue weighted by molar-refractivity contribution is 5.81. The van der Waals surface area contributed by atoms with Crippen molar-refractivity contribution in [1.82, 2.24) is 0 Å². The zero-order valence-corrected chi connectivity index (χ0v) is 18.3. The number of alkyl halides is 2. The molecule has 29 heavy (non-hydrogen) atoms. The van der Waals surface area contributed by atoms with E-state index in [0.29, 0.717) is 0 Å².